The Morgan fingerprint density at radius 2 is 1.71 bits per heavy atom. The molecular weight excluding hydrogens is 235 g/mol. The predicted octanol–water partition coefficient (Wildman–Crippen LogP) is 1.25. The van der Waals surface area contributed by atoms with Crippen LogP contribution in [0.2, 0.25) is 0 Å². The molecule has 92 valence electrons. The fourth-order valence-electron chi connectivity index (χ4n) is 0.976. The van der Waals surface area contributed by atoms with Crippen LogP contribution < -0.4 is 16.8 Å². The zero-order valence-corrected chi connectivity index (χ0v) is 8.57. The van der Waals surface area contributed by atoms with Gasteiger partial charge >= 0.3 is 6.30 Å². The number of aliphatic imine (C=N–C) groups is 2. The second-order valence-electron chi connectivity index (χ2n) is 2.93. The lowest BCUT2D eigenvalue weighted by Crippen LogP contribution is -2.27. The fourth-order valence-corrected chi connectivity index (χ4v) is 0.976. The zero-order chi connectivity index (χ0) is 12.9. The van der Waals surface area contributed by atoms with Crippen LogP contribution in [0.4, 0.5) is 18.9 Å². The van der Waals surface area contributed by atoms with E-state index in [0.29, 0.717) is 5.69 Å². The lowest BCUT2D eigenvalue weighted by atomic mass is 10.3. The summed E-state index contributed by atoms with van der Waals surface area (Å²) < 4.78 is 35.4. The van der Waals surface area contributed by atoms with Crippen LogP contribution >= 0.6 is 0 Å². The van der Waals surface area contributed by atoms with Crippen molar-refractivity contribution in [3.63, 3.8) is 0 Å². The average Bonchev–Trinajstić information content (AvgIpc) is 2.15. The molecule has 0 unspecified atom stereocenters. The predicted molar refractivity (Wildman–Crippen MR) is 59.4 cm³/mol. The van der Waals surface area contributed by atoms with Crippen molar-refractivity contribution in [3.05, 3.63) is 30.3 Å². The fraction of sp³-hybridized carbons (Fsp3) is 0.111. The Bertz CT molecular complexity index is 424. The van der Waals surface area contributed by atoms with Gasteiger partial charge in [0.2, 0.25) is 11.9 Å². The highest BCUT2D eigenvalue weighted by Crippen LogP contribution is 2.15. The number of rotatable bonds is 1. The highest BCUT2D eigenvalue weighted by Gasteiger charge is 2.26. The smallest absolute Gasteiger partial charge is 0.369 e. The van der Waals surface area contributed by atoms with E-state index in [9.17, 15) is 13.2 Å². The number of alkyl halides is 3. The van der Waals surface area contributed by atoms with Crippen LogP contribution in [-0.2, 0) is 0 Å². The van der Waals surface area contributed by atoms with Gasteiger partial charge in [0.1, 0.15) is 0 Å². The Morgan fingerprint density at radius 3 is 2.24 bits per heavy atom. The molecule has 0 atom stereocenters. The summed E-state index contributed by atoms with van der Waals surface area (Å²) in [5.74, 6) is -1.24. The average molecular weight is 245 g/mol. The molecule has 8 heteroatoms. The highest BCUT2D eigenvalue weighted by molar-refractivity contribution is 6.00. The van der Waals surface area contributed by atoms with Crippen LogP contribution in [0.15, 0.2) is 40.3 Å². The molecule has 1 rings (SSSR count). The quantitative estimate of drug-likeness (QED) is 0.395. The highest BCUT2D eigenvalue weighted by atomic mass is 19.4. The second-order valence-corrected chi connectivity index (χ2v) is 2.93. The molecule has 0 spiro atoms. The van der Waals surface area contributed by atoms with E-state index in [2.05, 4.69) is 15.3 Å². The summed E-state index contributed by atoms with van der Waals surface area (Å²) in [5.41, 5.74) is 10.9. The van der Waals surface area contributed by atoms with Crippen LogP contribution in [-0.4, -0.2) is 18.2 Å². The van der Waals surface area contributed by atoms with Gasteiger partial charge in [-0.25, -0.2) is 0 Å². The number of nitrogens with zero attached hydrogens (tertiary/aromatic N) is 2. The molecule has 0 amide bonds. The molecule has 5 nitrogen and oxygen atoms in total. The third kappa shape index (κ3) is 5.40. The Hall–Kier alpha value is -2.25. The molecule has 0 aromatic heterocycles. The minimum absolute atomic E-state index is 0.276. The first-order valence-corrected chi connectivity index (χ1v) is 4.45. The molecular formula is C9H10F3N5. The van der Waals surface area contributed by atoms with Crippen molar-refractivity contribution < 1.29 is 13.2 Å². The first kappa shape index (κ1) is 12.8. The Morgan fingerprint density at radius 1 is 1.12 bits per heavy atom. The summed E-state index contributed by atoms with van der Waals surface area (Å²) in [5, 5.41) is 2.56. The molecule has 0 fully saturated rings. The normalized spacial score (nSPS) is 13.6. The Labute approximate surface area is 95.0 Å². The van der Waals surface area contributed by atoms with Gasteiger partial charge in [-0.2, -0.15) is 4.99 Å². The van der Waals surface area contributed by atoms with E-state index in [0.717, 1.165) is 0 Å². The first-order chi connectivity index (χ1) is 7.87. The van der Waals surface area contributed by atoms with Crippen molar-refractivity contribution >= 4 is 17.6 Å². The third-order valence-corrected chi connectivity index (χ3v) is 1.52. The van der Waals surface area contributed by atoms with E-state index in [1.807, 2.05) is 0 Å². The molecule has 0 radical (unpaired) electrons. The number of nitrogens with two attached hydrogens (primary N) is 2. The van der Waals surface area contributed by atoms with Crippen molar-refractivity contribution in [2.24, 2.45) is 21.5 Å². The van der Waals surface area contributed by atoms with Crippen LogP contribution in [0.3, 0.4) is 0 Å². The summed E-state index contributed by atoms with van der Waals surface area (Å²) in [4.78, 5) is 5.43. The summed E-state index contributed by atoms with van der Waals surface area (Å²) in [7, 11) is 0. The van der Waals surface area contributed by atoms with E-state index in [1.165, 1.54) is 0 Å². The topological polar surface area (TPSA) is 88.8 Å². The van der Waals surface area contributed by atoms with Crippen molar-refractivity contribution in [1.82, 2.24) is 0 Å². The maximum Gasteiger partial charge on any atom is 0.506 e. The molecule has 1 aromatic carbocycles. The minimum atomic E-state index is -4.76. The number of hydrogen-bond acceptors (Lipinski definition) is 1. The molecule has 0 saturated heterocycles. The van der Waals surface area contributed by atoms with Gasteiger partial charge in [0, 0.05) is 5.69 Å². The molecule has 0 aliphatic carbocycles. The number of guanidine groups is 2. The van der Waals surface area contributed by atoms with Gasteiger partial charge in [0.25, 0.3) is 0 Å². The van der Waals surface area contributed by atoms with E-state index in [-0.39, 0.29) is 5.96 Å². The van der Waals surface area contributed by atoms with Gasteiger partial charge in [-0.15, -0.1) is 18.2 Å². The number of halogens is 3. The van der Waals surface area contributed by atoms with E-state index in [4.69, 9.17) is 11.5 Å². The maximum absolute atomic E-state index is 11.8. The molecule has 0 aliphatic rings. The first-order valence-electron chi connectivity index (χ1n) is 4.45. The number of benzene rings is 1. The van der Waals surface area contributed by atoms with Crippen LogP contribution in [0.1, 0.15) is 0 Å². The number of hydrogen-bond donors (Lipinski definition) is 3. The van der Waals surface area contributed by atoms with E-state index in [1.54, 1.807) is 30.3 Å². The maximum atomic E-state index is 11.8. The summed E-state index contributed by atoms with van der Waals surface area (Å²) >= 11 is 0. The lowest BCUT2D eigenvalue weighted by molar-refractivity contribution is -0.119. The van der Waals surface area contributed by atoms with Crippen LogP contribution in [0, 0.1) is 0 Å². The van der Waals surface area contributed by atoms with Gasteiger partial charge < -0.3 is 16.8 Å². The van der Waals surface area contributed by atoms with Gasteiger partial charge in [-0.3, -0.25) is 0 Å². The molecule has 5 N–H and O–H groups in total. The molecule has 0 heterocycles. The number of para-hydroxylation sites is 1. The van der Waals surface area contributed by atoms with Crippen molar-refractivity contribution in [2.75, 3.05) is 5.32 Å². The SMILES string of the molecule is NC(=N\C(F)(F)F)/N=C(\N)Nc1ccccc1. The molecule has 1 aromatic rings. The Kier molecular flexibility index (Phi) is 3.91. The summed E-state index contributed by atoms with van der Waals surface area (Å²) in [6.07, 6.45) is -4.76. The summed E-state index contributed by atoms with van der Waals surface area (Å²) in [6.45, 7) is 0. The van der Waals surface area contributed by atoms with Gasteiger partial charge in [-0.1, -0.05) is 18.2 Å². The standard InChI is InChI=1S/C9H10F3N5/c10-9(11,12)17-8(14)16-7(13)15-6-4-2-1-3-5-6/h1-5H,(H5,13,14,15,16,17). The van der Waals surface area contributed by atoms with Crippen molar-refractivity contribution in [1.29, 1.82) is 0 Å². The largest absolute Gasteiger partial charge is 0.506 e. The van der Waals surface area contributed by atoms with E-state index >= 15 is 0 Å². The summed E-state index contributed by atoms with van der Waals surface area (Å²) in [6, 6.07) is 8.56. The Balaban J connectivity index is 2.71. The van der Waals surface area contributed by atoms with E-state index < -0.39 is 12.3 Å². The third-order valence-electron chi connectivity index (χ3n) is 1.52. The molecule has 0 saturated carbocycles. The second kappa shape index (κ2) is 5.19. The monoisotopic (exact) mass is 245 g/mol. The van der Waals surface area contributed by atoms with Crippen LogP contribution in [0.5, 0.6) is 0 Å². The number of nitrogens with one attached hydrogen (secondary N) is 1. The minimum Gasteiger partial charge on any atom is -0.369 e. The molecule has 0 aliphatic heterocycles. The lowest BCUT2D eigenvalue weighted by Gasteiger charge is -2.04. The zero-order valence-electron chi connectivity index (χ0n) is 8.57. The number of anilines is 1. The molecule has 0 bridgehead atoms. The van der Waals surface area contributed by atoms with Gasteiger partial charge in [0.15, 0.2) is 0 Å². The van der Waals surface area contributed by atoms with Crippen molar-refractivity contribution in [2.45, 2.75) is 6.30 Å². The van der Waals surface area contributed by atoms with Gasteiger partial charge in [-0.05, 0) is 12.1 Å². The molecule has 17 heavy (non-hydrogen) atoms. The van der Waals surface area contributed by atoms with Gasteiger partial charge in [0.05, 0.1) is 0 Å². The van der Waals surface area contributed by atoms with Crippen LogP contribution in [0.25, 0.3) is 0 Å². The van der Waals surface area contributed by atoms with Crippen molar-refractivity contribution in [3.8, 4) is 0 Å².